The van der Waals surface area contributed by atoms with Crippen molar-refractivity contribution in [3.63, 3.8) is 0 Å². The summed E-state index contributed by atoms with van der Waals surface area (Å²) in [6.07, 6.45) is 17.9. The molecule has 3 aliphatic heterocycles. The lowest BCUT2D eigenvalue weighted by Crippen LogP contribution is -2.48. The zero-order valence-corrected chi connectivity index (χ0v) is 20.5. The van der Waals surface area contributed by atoms with Crippen LogP contribution in [0.2, 0.25) is 17.7 Å². The average molecular weight is 417 g/mol. The highest BCUT2D eigenvalue weighted by atomic mass is 28.3. The van der Waals surface area contributed by atoms with Crippen LogP contribution >= 0.6 is 0 Å². The highest BCUT2D eigenvalue weighted by Gasteiger charge is 2.49. The first kappa shape index (κ1) is 22.0. The molecule has 1 aromatic rings. The maximum Gasteiger partial charge on any atom is 0.194 e. The van der Waals surface area contributed by atoms with Crippen molar-refractivity contribution in [2.24, 2.45) is 0 Å². The van der Waals surface area contributed by atoms with Crippen LogP contribution in [0.15, 0.2) is 41.0 Å². The minimum Gasteiger partial charge on any atom is -0.120 e. The topological polar surface area (TPSA) is 0 Å². The Labute approximate surface area is 187 Å². The van der Waals surface area contributed by atoms with Gasteiger partial charge in [-0.25, -0.2) is 0 Å². The number of hydrogen-bond donors (Lipinski definition) is 0. The molecule has 160 valence electrons. The predicted octanol–water partition coefficient (Wildman–Crippen LogP) is 7.65. The van der Waals surface area contributed by atoms with E-state index in [0.717, 1.165) is 24.8 Å². The Hall–Kier alpha value is -1.20. The van der Waals surface area contributed by atoms with Gasteiger partial charge in [-0.1, -0.05) is 119 Å². The summed E-state index contributed by atoms with van der Waals surface area (Å²) in [6.45, 7) is 5.56. The molecule has 0 saturated carbocycles. The second-order valence-corrected chi connectivity index (χ2v) is 13.9. The molecule has 2 bridgehead atoms. The molecule has 0 spiro atoms. The molecule has 0 N–H and O–H groups in total. The van der Waals surface area contributed by atoms with E-state index in [0.29, 0.717) is 0 Å². The third kappa shape index (κ3) is 4.38. The lowest BCUT2D eigenvalue weighted by molar-refractivity contribution is 0.445. The molecule has 2 heteroatoms. The van der Waals surface area contributed by atoms with Crippen molar-refractivity contribution in [3.05, 3.63) is 41.0 Å². The van der Waals surface area contributed by atoms with Crippen LogP contribution in [0, 0.1) is 11.5 Å². The van der Waals surface area contributed by atoms with Gasteiger partial charge in [0.2, 0.25) is 0 Å². The van der Waals surface area contributed by atoms with Crippen LogP contribution in [0.25, 0.3) is 0 Å². The van der Waals surface area contributed by atoms with Crippen molar-refractivity contribution >= 4 is 20.0 Å². The van der Waals surface area contributed by atoms with Crippen molar-refractivity contribution in [3.8, 4) is 11.5 Å². The molecule has 1 unspecified atom stereocenters. The first-order valence-electron chi connectivity index (χ1n) is 13.1. The number of rotatable bonds is 7. The lowest BCUT2D eigenvalue weighted by Gasteiger charge is -2.42. The second kappa shape index (κ2) is 10.4. The van der Waals surface area contributed by atoms with Gasteiger partial charge in [0, 0.05) is 6.42 Å². The summed E-state index contributed by atoms with van der Waals surface area (Å²) >= 11 is 0. The van der Waals surface area contributed by atoms with Gasteiger partial charge in [0.05, 0.1) is 0 Å². The molecular weight excluding hydrogens is 375 g/mol. The average Bonchev–Trinajstić information content (AvgIpc) is 3.14. The van der Waals surface area contributed by atoms with E-state index in [2.05, 4.69) is 55.6 Å². The number of fused-ring (bicyclic) bond motifs is 2. The van der Waals surface area contributed by atoms with E-state index in [1.54, 1.807) is 5.19 Å². The van der Waals surface area contributed by atoms with Crippen LogP contribution in [0.5, 0.6) is 0 Å². The summed E-state index contributed by atoms with van der Waals surface area (Å²) in [6, 6.07) is 12.9. The quantitative estimate of drug-likeness (QED) is 0.243. The molecule has 3 heterocycles. The molecule has 2 fully saturated rings. The molecule has 0 aromatic heterocycles. The number of allylic oxidation sites excluding steroid dienone is 2. The van der Waals surface area contributed by atoms with Gasteiger partial charge in [-0.05, 0) is 30.5 Å². The van der Waals surface area contributed by atoms with Crippen LogP contribution in [0.1, 0.15) is 97.3 Å². The van der Waals surface area contributed by atoms with Gasteiger partial charge in [-0.15, -0.1) is 16.9 Å². The Bertz CT molecular complexity index is 764. The van der Waals surface area contributed by atoms with E-state index in [1.807, 2.05) is 10.7 Å². The number of hydrogen-bond acceptors (Lipinski definition) is 0. The maximum atomic E-state index is 4.07. The highest BCUT2D eigenvalue weighted by molar-refractivity contribution is 7.05. The Morgan fingerprint density at radius 2 is 1.60 bits per heavy atom. The molecule has 2 saturated heterocycles. The zero-order chi connectivity index (χ0) is 20.8. The summed E-state index contributed by atoms with van der Waals surface area (Å²) < 4.78 is 0. The number of benzene rings is 1. The Balaban J connectivity index is 1.79. The SMILES string of the molecule is CCCCC#C[Si]1(c2ccccc2)CCC(B2C3CCCC2CCC3)=C1CCCC. The van der Waals surface area contributed by atoms with Crippen LogP contribution in [-0.2, 0) is 0 Å². The van der Waals surface area contributed by atoms with E-state index in [4.69, 9.17) is 0 Å². The molecule has 4 rings (SSSR count). The fourth-order valence-electron chi connectivity index (χ4n) is 6.97. The molecule has 1 aromatic carbocycles. The van der Waals surface area contributed by atoms with Gasteiger partial charge in [-0.2, -0.15) is 0 Å². The van der Waals surface area contributed by atoms with Gasteiger partial charge < -0.3 is 0 Å². The first-order chi connectivity index (χ1) is 14.8. The third-order valence-corrected chi connectivity index (χ3v) is 12.9. The van der Waals surface area contributed by atoms with Crippen molar-refractivity contribution in [1.82, 2.24) is 0 Å². The minimum absolute atomic E-state index is 0.912. The van der Waals surface area contributed by atoms with Crippen molar-refractivity contribution in [2.45, 2.75) is 115 Å². The fourth-order valence-corrected chi connectivity index (χ4v) is 11.6. The molecular formula is C28H41BSi. The van der Waals surface area contributed by atoms with Crippen LogP contribution < -0.4 is 5.19 Å². The Kier molecular flexibility index (Phi) is 7.64. The monoisotopic (exact) mass is 416 g/mol. The summed E-state index contributed by atoms with van der Waals surface area (Å²) in [4.78, 5) is 0. The van der Waals surface area contributed by atoms with Crippen molar-refractivity contribution < 1.29 is 0 Å². The molecule has 0 nitrogen and oxygen atoms in total. The Morgan fingerprint density at radius 1 is 0.933 bits per heavy atom. The molecule has 0 amide bonds. The molecule has 0 radical (unpaired) electrons. The van der Waals surface area contributed by atoms with E-state index in [-0.39, 0.29) is 0 Å². The normalized spacial score (nSPS) is 28.4. The van der Waals surface area contributed by atoms with Crippen LogP contribution in [0.4, 0.5) is 0 Å². The van der Waals surface area contributed by atoms with Crippen LogP contribution in [0.3, 0.4) is 0 Å². The summed E-state index contributed by atoms with van der Waals surface area (Å²) in [5.41, 5.74) is 6.01. The largest absolute Gasteiger partial charge is 0.194 e. The lowest BCUT2D eigenvalue weighted by atomic mass is 9.24. The first-order valence-corrected chi connectivity index (χ1v) is 15.3. The van der Waals surface area contributed by atoms with Gasteiger partial charge >= 0.3 is 0 Å². The minimum atomic E-state index is -1.90. The third-order valence-electron chi connectivity index (χ3n) is 8.39. The van der Waals surface area contributed by atoms with Crippen molar-refractivity contribution in [2.75, 3.05) is 0 Å². The summed E-state index contributed by atoms with van der Waals surface area (Å²) in [5.74, 6) is 5.69. The summed E-state index contributed by atoms with van der Waals surface area (Å²) in [7, 11) is -1.90. The van der Waals surface area contributed by atoms with Gasteiger partial charge in [0.25, 0.3) is 0 Å². The summed E-state index contributed by atoms with van der Waals surface area (Å²) in [5, 5.41) is 3.51. The number of unbranched alkanes of at least 4 members (excludes halogenated alkanes) is 3. The van der Waals surface area contributed by atoms with E-state index in [1.165, 1.54) is 83.1 Å². The molecule has 0 aliphatic carbocycles. The van der Waals surface area contributed by atoms with Gasteiger partial charge in [0.1, 0.15) is 0 Å². The standard InChI is InChI=1S/C28H41BSi/c1-3-5-7-11-22-30(26-18-9-8-10-19-26)23-21-27(28(30)20-6-4-2)29-24-14-12-15-25(29)17-13-16-24/h8-10,18-19,24-25H,3-7,12-17,20-21,23H2,1-2H3. The molecule has 3 aliphatic rings. The molecule has 30 heavy (non-hydrogen) atoms. The highest BCUT2D eigenvalue weighted by Crippen LogP contribution is 2.53. The predicted molar refractivity (Wildman–Crippen MR) is 136 cm³/mol. The Morgan fingerprint density at radius 3 is 2.23 bits per heavy atom. The van der Waals surface area contributed by atoms with E-state index in [9.17, 15) is 0 Å². The van der Waals surface area contributed by atoms with Crippen LogP contribution in [-0.4, -0.2) is 14.8 Å². The fraction of sp³-hybridized carbons (Fsp3) is 0.643. The van der Waals surface area contributed by atoms with E-state index < -0.39 is 8.07 Å². The van der Waals surface area contributed by atoms with Gasteiger partial charge in [-0.3, -0.25) is 0 Å². The zero-order valence-electron chi connectivity index (χ0n) is 19.5. The maximum absolute atomic E-state index is 4.07. The van der Waals surface area contributed by atoms with Crippen molar-refractivity contribution in [1.29, 1.82) is 0 Å². The van der Waals surface area contributed by atoms with Gasteiger partial charge in [0.15, 0.2) is 14.8 Å². The second-order valence-electron chi connectivity index (χ2n) is 10.2. The van der Waals surface area contributed by atoms with E-state index >= 15 is 0 Å². The smallest absolute Gasteiger partial charge is 0.120 e. The molecule has 1 atom stereocenters.